The van der Waals surface area contributed by atoms with Gasteiger partial charge < -0.3 is 0 Å². The molecule has 0 saturated carbocycles. The molecule has 0 saturated heterocycles. The number of hydrogen-bond acceptors (Lipinski definition) is 5. The second-order valence-corrected chi connectivity index (χ2v) is 7.71. The molecule has 0 aliphatic heterocycles. The molecule has 1 heterocycles. The first-order chi connectivity index (χ1) is 8.92. The van der Waals surface area contributed by atoms with Crippen LogP contribution in [-0.2, 0) is 10.0 Å². The zero-order chi connectivity index (χ0) is 14.0. The third-order valence-electron chi connectivity index (χ3n) is 2.62. The van der Waals surface area contributed by atoms with E-state index in [0.717, 1.165) is 15.5 Å². The molecule has 0 bridgehead atoms. The summed E-state index contributed by atoms with van der Waals surface area (Å²) in [5.74, 6) is 0. The SMILES string of the molecule is CSc1ccc(S(=O)(=O)Nc2nc(C)c(C)s2)cc1. The van der Waals surface area contributed by atoms with E-state index in [1.165, 1.54) is 11.3 Å². The predicted molar refractivity (Wildman–Crippen MR) is 80.6 cm³/mol. The number of hydrogen-bond donors (Lipinski definition) is 1. The van der Waals surface area contributed by atoms with Crippen molar-refractivity contribution in [2.45, 2.75) is 23.6 Å². The van der Waals surface area contributed by atoms with Gasteiger partial charge in [0.25, 0.3) is 10.0 Å². The lowest BCUT2D eigenvalue weighted by molar-refractivity contribution is 0.601. The minimum Gasteiger partial charge on any atom is -0.255 e. The molecule has 1 aromatic carbocycles. The largest absolute Gasteiger partial charge is 0.263 e. The molecular formula is C12H14N2O2S3. The van der Waals surface area contributed by atoms with Crippen molar-refractivity contribution in [2.75, 3.05) is 11.0 Å². The van der Waals surface area contributed by atoms with Gasteiger partial charge >= 0.3 is 0 Å². The van der Waals surface area contributed by atoms with Crippen LogP contribution >= 0.6 is 23.1 Å². The Balaban J connectivity index is 2.26. The highest BCUT2D eigenvalue weighted by Gasteiger charge is 2.16. The average molecular weight is 314 g/mol. The predicted octanol–water partition coefficient (Wildman–Crippen LogP) is 3.28. The van der Waals surface area contributed by atoms with Gasteiger partial charge in [-0.25, -0.2) is 13.4 Å². The van der Waals surface area contributed by atoms with E-state index in [2.05, 4.69) is 9.71 Å². The van der Waals surface area contributed by atoms with Crippen molar-refractivity contribution in [1.82, 2.24) is 4.98 Å². The number of rotatable bonds is 4. The van der Waals surface area contributed by atoms with Crippen molar-refractivity contribution < 1.29 is 8.42 Å². The van der Waals surface area contributed by atoms with E-state index in [0.29, 0.717) is 5.13 Å². The second-order valence-electron chi connectivity index (χ2n) is 3.94. The number of thioether (sulfide) groups is 1. The number of sulfonamides is 1. The van der Waals surface area contributed by atoms with Gasteiger partial charge in [-0.05, 0) is 44.4 Å². The number of nitrogens with zero attached hydrogens (tertiary/aromatic N) is 1. The van der Waals surface area contributed by atoms with Gasteiger partial charge in [0, 0.05) is 9.77 Å². The molecule has 0 aliphatic rings. The van der Waals surface area contributed by atoms with Crippen LogP contribution in [0.25, 0.3) is 0 Å². The third-order valence-corrected chi connectivity index (χ3v) is 5.84. The van der Waals surface area contributed by atoms with E-state index < -0.39 is 10.0 Å². The summed E-state index contributed by atoms with van der Waals surface area (Å²) in [6, 6.07) is 6.78. The van der Waals surface area contributed by atoms with E-state index in [1.807, 2.05) is 20.1 Å². The normalized spacial score (nSPS) is 11.5. The Morgan fingerprint density at radius 2 is 1.84 bits per heavy atom. The zero-order valence-corrected chi connectivity index (χ0v) is 13.2. The van der Waals surface area contributed by atoms with Crippen LogP contribution in [0.4, 0.5) is 5.13 Å². The smallest absolute Gasteiger partial charge is 0.255 e. The first-order valence-electron chi connectivity index (χ1n) is 5.53. The van der Waals surface area contributed by atoms with E-state index in [-0.39, 0.29) is 4.90 Å². The summed E-state index contributed by atoms with van der Waals surface area (Å²) < 4.78 is 26.8. The third kappa shape index (κ3) is 3.29. The first kappa shape index (κ1) is 14.4. The Morgan fingerprint density at radius 3 is 2.32 bits per heavy atom. The summed E-state index contributed by atoms with van der Waals surface area (Å²) in [5, 5.41) is 0.406. The quantitative estimate of drug-likeness (QED) is 0.880. The zero-order valence-electron chi connectivity index (χ0n) is 10.8. The lowest BCUT2D eigenvalue weighted by Gasteiger charge is -2.05. The summed E-state index contributed by atoms with van der Waals surface area (Å²) in [7, 11) is -3.55. The minimum atomic E-state index is -3.55. The fraction of sp³-hybridized carbons (Fsp3) is 0.250. The van der Waals surface area contributed by atoms with Crippen molar-refractivity contribution in [1.29, 1.82) is 0 Å². The van der Waals surface area contributed by atoms with Crippen molar-refractivity contribution >= 4 is 38.3 Å². The molecule has 2 aromatic rings. The van der Waals surface area contributed by atoms with Crippen molar-refractivity contribution in [2.24, 2.45) is 0 Å². The molecule has 4 nitrogen and oxygen atoms in total. The highest BCUT2D eigenvalue weighted by molar-refractivity contribution is 7.98. The van der Waals surface area contributed by atoms with Gasteiger partial charge in [0.15, 0.2) is 5.13 Å². The Kier molecular flexibility index (Phi) is 4.17. The maximum absolute atomic E-state index is 12.2. The average Bonchev–Trinajstić information content (AvgIpc) is 2.67. The highest BCUT2D eigenvalue weighted by atomic mass is 32.2. The number of thiazole rings is 1. The van der Waals surface area contributed by atoms with E-state index in [4.69, 9.17) is 0 Å². The molecule has 0 spiro atoms. The van der Waals surface area contributed by atoms with Gasteiger partial charge in [-0.15, -0.1) is 23.1 Å². The fourth-order valence-corrected chi connectivity index (χ4v) is 3.90. The molecule has 0 radical (unpaired) electrons. The summed E-state index contributed by atoms with van der Waals surface area (Å²) in [6.45, 7) is 3.77. The molecule has 0 unspecified atom stereocenters. The maximum atomic E-state index is 12.2. The molecule has 0 amide bonds. The van der Waals surface area contributed by atoms with Crippen molar-refractivity contribution in [3.05, 3.63) is 34.8 Å². The molecule has 19 heavy (non-hydrogen) atoms. The fourth-order valence-electron chi connectivity index (χ4n) is 1.45. The number of benzene rings is 1. The van der Waals surface area contributed by atoms with Gasteiger partial charge in [-0.3, -0.25) is 4.72 Å². The second kappa shape index (κ2) is 5.52. The van der Waals surface area contributed by atoms with Crippen LogP contribution in [0, 0.1) is 13.8 Å². The van der Waals surface area contributed by atoms with Crippen LogP contribution in [0.3, 0.4) is 0 Å². The van der Waals surface area contributed by atoms with Gasteiger partial charge in [-0.2, -0.15) is 0 Å². The lowest BCUT2D eigenvalue weighted by atomic mass is 10.4. The lowest BCUT2D eigenvalue weighted by Crippen LogP contribution is -2.12. The highest BCUT2D eigenvalue weighted by Crippen LogP contribution is 2.24. The van der Waals surface area contributed by atoms with Gasteiger partial charge in [0.2, 0.25) is 0 Å². The van der Waals surface area contributed by atoms with E-state index >= 15 is 0 Å². The van der Waals surface area contributed by atoms with Gasteiger partial charge in [0.05, 0.1) is 10.6 Å². The van der Waals surface area contributed by atoms with Crippen LogP contribution < -0.4 is 4.72 Å². The van der Waals surface area contributed by atoms with Crippen LogP contribution in [-0.4, -0.2) is 19.7 Å². The first-order valence-corrected chi connectivity index (χ1v) is 9.06. The number of anilines is 1. The monoisotopic (exact) mass is 314 g/mol. The Labute approximate surface area is 121 Å². The molecule has 0 fully saturated rings. The van der Waals surface area contributed by atoms with Gasteiger partial charge in [-0.1, -0.05) is 0 Å². The Morgan fingerprint density at radius 1 is 1.21 bits per heavy atom. The molecule has 102 valence electrons. The topological polar surface area (TPSA) is 59.1 Å². The summed E-state index contributed by atoms with van der Waals surface area (Å²) in [5.41, 5.74) is 0.848. The van der Waals surface area contributed by atoms with Crippen LogP contribution in [0.2, 0.25) is 0 Å². The summed E-state index contributed by atoms with van der Waals surface area (Å²) in [6.07, 6.45) is 1.95. The number of aryl methyl sites for hydroxylation is 2. The van der Waals surface area contributed by atoms with Crippen LogP contribution in [0.15, 0.2) is 34.1 Å². The summed E-state index contributed by atoms with van der Waals surface area (Å²) in [4.78, 5) is 6.46. The van der Waals surface area contributed by atoms with E-state index in [1.54, 1.807) is 36.0 Å². The molecular weight excluding hydrogens is 300 g/mol. The summed E-state index contributed by atoms with van der Waals surface area (Å²) >= 11 is 2.91. The number of aromatic nitrogens is 1. The van der Waals surface area contributed by atoms with Crippen LogP contribution in [0.5, 0.6) is 0 Å². The molecule has 7 heteroatoms. The molecule has 0 atom stereocenters. The van der Waals surface area contributed by atoms with Gasteiger partial charge in [0.1, 0.15) is 0 Å². The van der Waals surface area contributed by atoms with E-state index in [9.17, 15) is 8.42 Å². The maximum Gasteiger partial charge on any atom is 0.263 e. The Hall–Kier alpha value is -1.05. The Bertz CT molecular complexity index is 656. The van der Waals surface area contributed by atoms with Crippen LogP contribution in [0.1, 0.15) is 10.6 Å². The minimum absolute atomic E-state index is 0.246. The number of nitrogens with one attached hydrogen (secondary N) is 1. The standard InChI is InChI=1S/C12H14N2O2S3/c1-8-9(2)18-12(13-8)14-19(15,16)11-6-4-10(17-3)5-7-11/h4-7H,1-3H3,(H,13,14). The van der Waals surface area contributed by atoms with Crippen molar-refractivity contribution in [3.8, 4) is 0 Å². The molecule has 0 aliphatic carbocycles. The molecule has 1 N–H and O–H groups in total. The molecule has 1 aromatic heterocycles. The van der Waals surface area contributed by atoms with Crippen molar-refractivity contribution in [3.63, 3.8) is 0 Å². The molecule has 2 rings (SSSR count).